The summed E-state index contributed by atoms with van der Waals surface area (Å²) in [4.78, 5) is 10.8. The zero-order chi connectivity index (χ0) is 15.2. The first kappa shape index (κ1) is 16.6. The molecule has 0 spiro atoms. The Hall–Kier alpha value is -1.44. The van der Waals surface area contributed by atoms with Gasteiger partial charge in [0.15, 0.2) is 0 Å². The Morgan fingerprint density at radius 2 is 2.15 bits per heavy atom. The highest BCUT2D eigenvalue weighted by atomic mass is 32.2. The van der Waals surface area contributed by atoms with Crippen LogP contribution in [0.25, 0.3) is 0 Å². The first-order chi connectivity index (χ1) is 9.40. The minimum Gasteiger partial charge on any atom is -0.478 e. The van der Waals surface area contributed by atoms with Crippen molar-refractivity contribution in [3.8, 4) is 0 Å². The topological polar surface area (TPSA) is 92.7 Å². The Morgan fingerprint density at radius 1 is 1.45 bits per heavy atom. The van der Waals surface area contributed by atoms with Crippen LogP contribution in [0.4, 0.5) is 0 Å². The van der Waals surface area contributed by atoms with Crippen molar-refractivity contribution in [1.82, 2.24) is 4.72 Å². The van der Waals surface area contributed by atoms with Gasteiger partial charge in [0, 0.05) is 13.2 Å². The fraction of sp³-hybridized carbons (Fsp3) is 0.462. The maximum Gasteiger partial charge on any atom is 0.335 e. The van der Waals surface area contributed by atoms with Crippen LogP contribution in [0.3, 0.4) is 0 Å². The SMILES string of the molecule is CCCC(COC)NS(=O)(=O)c1cccc(C(=O)O)c1. The van der Waals surface area contributed by atoms with Crippen molar-refractivity contribution in [2.24, 2.45) is 0 Å². The number of hydrogen-bond acceptors (Lipinski definition) is 4. The number of rotatable bonds is 8. The summed E-state index contributed by atoms with van der Waals surface area (Å²) in [6, 6.07) is 4.93. The smallest absolute Gasteiger partial charge is 0.335 e. The third-order valence-corrected chi connectivity index (χ3v) is 4.24. The van der Waals surface area contributed by atoms with Gasteiger partial charge in [0.1, 0.15) is 0 Å². The molecular weight excluding hydrogens is 282 g/mol. The number of nitrogens with one attached hydrogen (secondary N) is 1. The lowest BCUT2D eigenvalue weighted by Gasteiger charge is -2.17. The van der Waals surface area contributed by atoms with Gasteiger partial charge in [-0.3, -0.25) is 0 Å². The van der Waals surface area contributed by atoms with E-state index in [1.54, 1.807) is 0 Å². The van der Waals surface area contributed by atoms with Crippen LogP contribution >= 0.6 is 0 Å². The number of hydrogen-bond donors (Lipinski definition) is 2. The molecule has 0 heterocycles. The second-order valence-corrected chi connectivity index (χ2v) is 6.11. The zero-order valence-electron chi connectivity index (χ0n) is 11.5. The maximum atomic E-state index is 12.2. The second-order valence-electron chi connectivity index (χ2n) is 4.40. The highest BCUT2D eigenvalue weighted by molar-refractivity contribution is 7.89. The Labute approximate surface area is 118 Å². The Kier molecular flexibility index (Phi) is 6.12. The van der Waals surface area contributed by atoms with Crippen molar-refractivity contribution >= 4 is 16.0 Å². The lowest BCUT2D eigenvalue weighted by atomic mass is 10.2. The van der Waals surface area contributed by atoms with E-state index >= 15 is 0 Å². The predicted molar refractivity (Wildman–Crippen MR) is 74.3 cm³/mol. The molecule has 1 atom stereocenters. The number of carbonyl (C=O) groups is 1. The molecule has 0 aliphatic heterocycles. The van der Waals surface area contributed by atoms with Gasteiger partial charge < -0.3 is 9.84 Å². The first-order valence-corrected chi connectivity index (χ1v) is 7.73. The van der Waals surface area contributed by atoms with E-state index in [1.165, 1.54) is 25.3 Å². The molecule has 0 saturated heterocycles. The molecule has 0 amide bonds. The number of sulfonamides is 1. The van der Waals surface area contributed by atoms with Crippen LogP contribution in [-0.2, 0) is 14.8 Å². The largest absolute Gasteiger partial charge is 0.478 e. The molecule has 2 N–H and O–H groups in total. The lowest BCUT2D eigenvalue weighted by molar-refractivity contribution is 0.0696. The zero-order valence-corrected chi connectivity index (χ0v) is 12.3. The number of methoxy groups -OCH3 is 1. The normalized spacial score (nSPS) is 13.1. The van der Waals surface area contributed by atoms with E-state index in [4.69, 9.17) is 9.84 Å². The van der Waals surface area contributed by atoms with Crippen LogP contribution < -0.4 is 4.72 Å². The van der Waals surface area contributed by atoms with Gasteiger partial charge in [-0.05, 0) is 24.6 Å². The van der Waals surface area contributed by atoms with Crippen LogP contribution in [-0.4, -0.2) is 39.3 Å². The van der Waals surface area contributed by atoms with E-state index < -0.39 is 16.0 Å². The van der Waals surface area contributed by atoms with Gasteiger partial charge in [-0.15, -0.1) is 0 Å². The molecule has 7 heteroatoms. The number of carboxylic acids is 1. The molecule has 1 aromatic carbocycles. The average molecular weight is 301 g/mol. The van der Waals surface area contributed by atoms with Gasteiger partial charge >= 0.3 is 5.97 Å². The minimum atomic E-state index is -3.75. The monoisotopic (exact) mass is 301 g/mol. The van der Waals surface area contributed by atoms with Gasteiger partial charge in [0.2, 0.25) is 10.0 Å². The van der Waals surface area contributed by atoms with Gasteiger partial charge in [0.05, 0.1) is 17.1 Å². The quantitative estimate of drug-likeness (QED) is 0.758. The highest BCUT2D eigenvalue weighted by Gasteiger charge is 2.20. The molecule has 1 aromatic rings. The molecule has 112 valence electrons. The Morgan fingerprint density at radius 3 is 2.70 bits per heavy atom. The molecule has 0 fully saturated rings. The van der Waals surface area contributed by atoms with Crippen molar-refractivity contribution in [1.29, 1.82) is 0 Å². The van der Waals surface area contributed by atoms with Crippen LogP contribution in [0, 0.1) is 0 Å². The fourth-order valence-corrected chi connectivity index (χ4v) is 3.11. The molecule has 1 unspecified atom stereocenters. The van der Waals surface area contributed by atoms with Gasteiger partial charge in [-0.1, -0.05) is 19.4 Å². The van der Waals surface area contributed by atoms with E-state index in [-0.39, 0.29) is 23.1 Å². The van der Waals surface area contributed by atoms with Gasteiger partial charge in [-0.2, -0.15) is 0 Å². The summed E-state index contributed by atoms with van der Waals surface area (Å²) in [7, 11) is -2.25. The predicted octanol–water partition coefficient (Wildman–Crippen LogP) is 1.48. The van der Waals surface area contributed by atoms with E-state index in [2.05, 4.69) is 4.72 Å². The number of benzene rings is 1. The number of carboxylic acid groups (broad SMARTS) is 1. The molecular formula is C13H19NO5S. The van der Waals surface area contributed by atoms with Gasteiger partial charge in [0.25, 0.3) is 0 Å². The third-order valence-electron chi connectivity index (χ3n) is 2.72. The molecule has 0 saturated carbocycles. The van der Waals surface area contributed by atoms with Crippen molar-refractivity contribution in [3.63, 3.8) is 0 Å². The van der Waals surface area contributed by atoms with Crippen LogP contribution in [0.15, 0.2) is 29.2 Å². The molecule has 1 rings (SSSR count). The lowest BCUT2D eigenvalue weighted by Crippen LogP contribution is -2.37. The van der Waals surface area contributed by atoms with Gasteiger partial charge in [-0.25, -0.2) is 17.9 Å². The fourth-order valence-electron chi connectivity index (χ4n) is 1.81. The van der Waals surface area contributed by atoms with Crippen LogP contribution in [0.5, 0.6) is 0 Å². The standard InChI is InChI=1S/C13H19NO5S/c1-3-5-11(9-19-2)14-20(17,18)12-7-4-6-10(8-12)13(15)16/h4,6-8,11,14H,3,5,9H2,1-2H3,(H,15,16). The van der Waals surface area contributed by atoms with E-state index in [0.717, 1.165) is 12.5 Å². The van der Waals surface area contributed by atoms with E-state index in [1.807, 2.05) is 6.92 Å². The Balaban J connectivity index is 2.97. The highest BCUT2D eigenvalue weighted by Crippen LogP contribution is 2.13. The summed E-state index contributed by atoms with van der Waals surface area (Å²) in [5.74, 6) is -1.16. The summed E-state index contributed by atoms with van der Waals surface area (Å²) in [5.41, 5.74) is -0.0633. The van der Waals surface area contributed by atoms with Crippen molar-refractivity contribution < 1.29 is 23.1 Å². The molecule has 6 nitrogen and oxygen atoms in total. The van der Waals surface area contributed by atoms with E-state index in [9.17, 15) is 13.2 Å². The molecule has 0 bridgehead atoms. The summed E-state index contributed by atoms with van der Waals surface area (Å²) in [5, 5.41) is 8.89. The summed E-state index contributed by atoms with van der Waals surface area (Å²) >= 11 is 0. The summed E-state index contributed by atoms with van der Waals surface area (Å²) < 4.78 is 31.9. The third kappa shape index (κ3) is 4.59. The van der Waals surface area contributed by atoms with Crippen molar-refractivity contribution in [3.05, 3.63) is 29.8 Å². The van der Waals surface area contributed by atoms with Crippen molar-refractivity contribution in [2.75, 3.05) is 13.7 Å². The van der Waals surface area contributed by atoms with Crippen molar-refractivity contribution in [2.45, 2.75) is 30.7 Å². The summed E-state index contributed by atoms with van der Waals surface area (Å²) in [6.45, 7) is 2.22. The van der Waals surface area contributed by atoms with Crippen LogP contribution in [0.1, 0.15) is 30.1 Å². The number of ether oxygens (including phenoxy) is 1. The minimum absolute atomic E-state index is 0.0605. The summed E-state index contributed by atoms with van der Waals surface area (Å²) in [6.07, 6.45) is 1.46. The molecule has 0 aliphatic carbocycles. The second kappa shape index (κ2) is 7.37. The number of aromatic carboxylic acids is 1. The molecule has 0 aromatic heterocycles. The molecule has 0 radical (unpaired) electrons. The first-order valence-electron chi connectivity index (χ1n) is 6.25. The molecule has 20 heavy (non-hydrogen) atoms. The molecule has 0 aliphatic rings. The van der Waals surface area contributed by atoms with Crippen LogP contribution in [0.2, 0.25) is 0 Å². The van der Waals surface area contributed by atoms with E-state index in [0.29, 0.717) is 6.42 Å². The maximum absolute atomic E-state index is 12.2. The average Bonchev–Trinajstić information content (AvgIpc) is 2.39. The Bertz CT molecular complexity index is 550.